The van der Waals surface area contributed by atoms with Gasteiger partial charge in [-0.3, -0.25) is 9.48 Å². The smallest absolute Gasteiger partial charge is 0.326 e. The van der Waals surface area contributed by atoms with E-state index in [1.54, 1.807) is 0 Å². The topological polar surface area (TPSA) is 123 Å². The van der Waals surface area contributed by atoms with E-state index in [-0.39, 0.29) is 11.6 Å². The van der Waals surface area contributed by atoms with Gasteiger partial charge in [0.1, 0.15) is 6.04 Å². The second kappa shape index (κ2) is 7.16. The molecule has 1 atom stereocenters. The highest BCUT2D eigenvalue weighted by atomic mass is 16.4. The third kappa shape index (κ3) is 4.01. The summed E-state index contributed by atoms with van der Waals surface area (Å²) in [5.41, 5.74) is 5.51. The number of nitrogens with one attached hydrogen (secondary N) is 1. The molecule has 1 aromatic heterocycles. The Labute approximate surface area is 122 Å². The molecule has 2 rings (SSSR count). The first-order chi connectivity index (χ1) is 10.1. The van der Waals surface area contributed by atoms with E-state index in [2.05, 4.69) is 15.6 Å². The fourth-order valence-corrected chi connectivity index (χ4v) is 2.71. The molecule has 8 heteroatoms. The number of nitrogens with two attached hydrogens (primary N) is 1. The van der Waals surface area contributed by atoms with Crippen molar-refractivity contribution < 1.29 is 14.7 Å². The number of hydrogen-bond acceptors (Lipinski definition) is 5. The van der Waals surface area contributed by atoms with Crippen molar-refractivity contribution in [2.24, 2.45) is 11.7 Å². The van der Waals surface area contributed by atoms with Crippen molar-refractivity contribution in [1.29, 1.82) is 0 Å². The Morgan fingerprint density at radius 1 is 1.43 bits per heavy atom. The zero-order valence-electron chi connectivity index (χ0n) is 11.9. The number of aromatic nitrogens is 3. The zero-order chi connectivity index (χ0) is 15.2. The maximum absolute atomic E-state index is 12.1. The highest BCUT2D eigenvalue weighted by Crippen LogP contribution is 2.26. The van der Waals surface area contributed by atoms with Crippen molar-refractivity contribution in [1.82, 2.24) is 20.3 Å². The largest absolute Gasteiger partial charge is 0.480 e. The first kappa shape index (κ1) is 15.4. The Kier molecular flexibility index (Phi) is 5.26. The van der Waals surface area contributed by atoms with Crippen molar-refractivity contribution in [2.45, 2.75) is 44.7 Å². The van der Waals surface area contributed by atoms with Gasteiger partial charge >= 0.3 is 5.97 Å². The van der Waals surface area contributed by atoms with Gasteiger partial charge in [-0.15, -0.1) is 5.10 Å². The normalized spacial score (nSPS) is 17.4. The molecule has 0 saturated heterocycles. The lowest BCUT2D eigenvalue weighted by molar-refractivity contribution is -0.141. The minimum Gasteiger partial charge on any atom is -0.480 e. The molecule has 1 aromatic rings. The molecule has 0 radical (unpaired) electrons. The first-order valence-corrected chi connectivity index (χ1v) is 7.25. The number of rotatable bonds is 6. The van der Waals surface area contributed by atoms with Crippen LogP contribution in [0.5, 0.6) is 0 Å². The molecule has 1 saturated carbocycles. The molecule has 0 spiro atoms. The Bertz CT molecular complexity index is 496. The molecule has 21 heavy (non-hydrogen) atoms. The van der Waals surface area contributed by atoms with E-state index in [1.807, 2.05) is 0 Å². The number of amides is 1. The van der Waals surface area contributed by atoms with E-state index in [4.69, 9.17) is 5.73 Å². The molecule has 1 unspecified atom stereocenters. The van der Waals surface area contributed by atoms with E-state index in [0.717, 1.165) is 32.1 Å². The summed E-state index contributed by atoms with van der Waals surface area (Å²) in [6, 6.07) is -0.863. The molecule has 0 bridgehead atoms. The van der Waals surface area contributed by atoms with Crippen LogP contribution in [0.3, 0.4) is 0 Å². The van der Waals surface area contributed by atoms with E-state index in [9.17, 15) is 14.7 Å². The maximum Gasteiger partial charge on any atom is 0.326 e. The average Bonchev–Trinajstić information content (AvgIpc) is 2.94. The van der Waals surface area contributed by atoms with Gasteiger partial charge in [0.15, 0.2) is 5.69 Å². The van der Waals surface area contributed by atoms with Crippen LogP contribution in [0.4, 0.5) is 0 Å². The van der Waals surface area contributed by atoms with Crippen LogP contribution < -0.4 is 11.1 Å². The third-order valence-electron chi connectivity index (χ3n) is 3.80. The van der Waals surface area contributed by atoms with E-state index in [0.29, 0.717) is 13.1 Å². The monoisotopic (exact) mass is 295 g/mol. The summed E-state index contributed by atoms with van der Waals surface area (Å²) in [6.07, 6.45) is 6.29. The second-order valence-corrected chi connectivity index (χ2v) is 5.34. The van der Waals surface area contributed by atoms with Crippen molar-refractivity contribution >= 4 is 11.9 Å². The van der Waals surface area contributed by atoms with Crippen molar-refractivity contribution in [3.05, 3.63) is 11.9 Å². The van der Waals surface area contributed by atoms with E-state index < -0.39 is 17.9 Å². The Balaban J connectivity index is 2.01. The molecule has 1 fully saturated rings. The summed E-state index contributed by atoms with van der Waals surface area (Å²) in [5, 5.41) is 19.4. The van der Waals surface area contributed by atoms with Crippen LogP contribution in [-0.2, 0) is 11.3 Å². The molecule has 1 amide bonds. The molecular formula is C13H21N5O3. The number of carbonyl (C=O) groups is 2. The molecule has 8 nitrogen and oxygen atoms in total. The predicted molar refractivity (Wildman–Crippen MR) is 74.5 cm³/mol. The van der Waals surface area contributed by atoms with Gasteiger partial charge in [-0.1, -0.05) is 24.5 Å². The standard InChI is InChI=1S/C13H21N5O3/c14-6-7-18-8-10(16-17-18)12(19)15-11(13(20)21)9-4-2-1-3-5-9/h8-9,11H,1-7,14H2,(H,15,19)(H,20,21). The molecule has 1 heterocycles. The molecule has 116 valence electrons. The van der Waals surface area contributed by atoms with Gasteiger partial charge in [-0.2, -0.15) is 0 Å². The number of nitrogens with zero attached hydrogens (tertiary/aromatic N) is 3. The lowest BCUT2D eigenvalue weighted by Crippen LogP contribution is -2.46. The maximum atomic E-state index is 12.1. The number of aliphatic carboxylic acids is 1. The van der Waals surface area contributed by atoms with Crippen molar-refractivity contribution in [3.63, 3.8) is 0 Å². The Morgan fingerprint density at radius 2 is 2.14 bits per heavy atom. The van der Waals surface area contributed by atoms with Gasteiger partial charge < -0.3 is 16.2 Å². The number of carboxylic acids is 1. The molecular weight excluding hydrogens is 274 g/mol. The molecule has 1 aliphatic rings. The van der Waals surface area contributed by atoms with Crippen LogP contribution in [0, 0.1) is 5.92 Å². The lowest BCUT2D eigenvalue weighted by Gasteiger charge is -2.27. The number of carbonyl (C=O) groups excluding carboxylic acids is 1. The summed E-state index contributed by atoms with van der Waals surface area (Å²) in [4.78, 5) is 23.5. The molecule has 0 aromatic carbocycles. The van der Waals surface area contributed by atoms with Gasteiger partial charge in [0.25, 0.3) is 5.91 Å². The average molecular weight is 295 g/mol. The van der Waals surface area contributed by atoms with Crippen LogP contribution in [-0.4, -0.2) is 44.6 Å². The van der Waals surface area contributed by atoms with Gasteiger partial charge in [-0.25, -0.2) is 4.79 Å². The minimum absolute atomic E-state index is 0.0145. The summed E-state index contributed by atoms with van der Waals surface area (Å²) in [6.45, 7) is 0.857. The number of hydrogen-bond donors (Lipinski definition) is 3. The summed E-state index contributed by atoms with van der Waals surface area (Å²) in [7, 11) is 0. The SMILES string of the molecule is NCCn1cc(C(=O)NC(C(=O)O)C2CCCCC2)nn1. The van der Waals surface area contributed by atoms with Crippen LogP contribution in [0.2, 0.25) is 0 Å². The second-order valence-electron chi connectivity index (χ2n) is 5.34. The van der Waals surface area contributed by atoms with Crippen LogP contribution >= 0.6 is 0 Å². The van der Waals surface area contributed by atoms with Crippen molar-refractivity contribution in [2.75, 3.05) is 6.54 Å². The third-order valence-corrected chi connectivity index (χ3v) is 3.80. The van der Waals surface area contributed by atoms with Gasteiger partial charge in [0.05, 0.1) is 12.7 Å². The van der Waals surface area contributed by atoms with Crippen LogP contribution in [0.15, 0.2) is 6.20 Å². The van der Waals surface area contributed by atoms with Gasteiger partial charge in [-0.05, 0) is 18.8 Å². The van der Waals surface area contributed by atoms with Crippen LogP contribution in [0.25, 0.3) is 0 Å². The molecule has 1 aliphatic carbocycles. The molecule has 0 aliphatic heterocycles. The van der Waals surface area contributed by atoms with Crippen LogP contribution in [0.1, 0.15) is 42.6 Å². The fraction of sp³-hybridized carbons (Fsp3) is 0.692. The first-order valence-electron chi connectivity index (χ1n) is 7.25. The summed E-state index contributed by atoms with van der Waals surface area (Å²) in [5.74, 6) is -1.51. The lowest BCUT2D eigenvalue weighted by atomic mass is 9.84. The van der Waals surface area contributed by atoms with E-state index >= 15 is 0 Å². The summed E-state index contributed by atoms with van der Waals surface area (Å²) >= 11 is 0. The van der Waals surface area contributed by atoms with Crippen molar-refractivity contribution in [3.8, 4) is 0 Å². The predicted octanol–water partition coefficient (Wildman–Crippen LogP) is 0.0001000. The highest BCUT2D eigenvalue weighted by molar-refractivity contribution is 5.94. The van der Waals surface area contributed by atoms with E-state index in [1.165, 1.54) is 10.9 Å². The minimum atomic E-state index is -0.996. The fourth-order valence-electron chi connectivity index (χ4n) is 2.71. The van der Waals surface area contributed by atoms with Gasteiger partial charge in [0, 0.05) is 6.54 Å². The zero-order valence-corrected chi connectivity index (χ0v) is 11.9. The Hall–Kier alpha value is -1.96. The summed E-state index contributed by atoms with van der Waals surface area (Å²) < 4.78 is 1.46. The quantitative estimate of drug-likeness (QED) is 0.678. The number of carboxylic acid groups (broad SMARTS) is 1. The molecule has 4 N–H and O–H groups in total. The Morgan fingerprint density at radius 3 is 2.76 bits per heavy atom. The highest BCUT2D eigenvalue weighted by Gasteiger charge is 2.31. The van der Waals surface area contributed by atoms with Gasteiger partial charge in [0.2, 0.25) is 0 Å².